The van der Waals surface area contributed by atoms with Gasteiger partial charge in [-0.3, -0.25) is 4.79 Å². The predicted molar refractivity (Wildman–Crippen MR) is 103 cm³/mol. The Labute approximate surface area is 159 Å². The molecule has 1 aliphatic carbocycles. The number of nitrogens with one attached hydrogen (secondary N) is 1. The highest BCUT2D eigenvalue weighted by molar-refractivity contribution is 5.81. The molecule has 3 rings (SSSR count). The van der Waals surface area contributed by atoms with E-state index < -0.39 is 5.97 Å². The molecule has 0 heterocycles. The minimum absolute atomic E-state index is 0.0207. The van der Waals surface area contributed by atoms with Gasteiger partial charge in [0.2, 0.25) is 0 Å². The third-order valence-electron chi connectivity index (χ3n) is 4.74. The van der Waals surface area contributed by atoms with E-state index in [2.05, 4.69) is 11.4 Å². The van der Waals surface area contributed by atoms with E-state index >= 15 is 0 Å². The van der Waals surface area contributed by atoms with E-state index in [0.29, 0.717) is 5.75 Å². The number of rotatable bonds is 6. The predicted octanol–water partition coefficient (Wildman–Crippen LogP) is 3.42. The fraction of sp³-hybridized carbons (Fsp3) is 0.364. The van der Waals surface area contributed by atoms with E-state index in [1.807, 2.05) is 50.2 Å². The number of amides is 1. The van der Waals surface area contributed by atoms with Crippen LogP contribution in [-0.2, 0) is 20.7 Å². The summed E-state index contributed by atoms with van der Waals surface area (Å²) in [6.45, 7) is 3.40. The van der Waals surface area contributed by atoms with Crippen LogP contribution in [0.4, 0.5) is 0 Å². The molecule has 0 fully saturated rings. The Morgan fingerprint density at radius 3 is 2.74 bits per heavy atom. The molecule has 0 spiro atoms. The molecule has 0 aromatic heterocycles. The van der Waals surface area contributed by atoms with Crippen LogP contribution in [0.5, 0.6) is 5.75 Å². The van der Waals surface area contributed by atoms with Gasteiger partial charge in [0.25, 0.3) is 5.91 Å². The van der Waals surface area contributed by atoms with Crippen LogP contribution in [0, 0.1) is 13.8 Å². The van der Waals surface area contributed by atoms with Crippen LogP contribution < -0.4 is 10.1 Å². The number of ether oxygens (including phenoxy) is 2. The zero-order chi connectivity index (χ0) is 19.2. The highest BCUT2D eigenvalue weighted by Gasteiger charge is 2.21. The number of carbonyl (C=O) groups excluding carboxylic acids is 2. The molecule has 0 bridgehead atoms. The first-order valence-electron chi connectivity index (χ1n) is 9.26. The van der Waals surface area contributed by atoms with Crippen molar-refractivity contribution in [2.24, 2.45) is 0 Å². The third-order valence-corrected chi connectivity index (χ3v) is 4.74. The fourth-order valence-corrected chi connectivity index (χ4v) is 3.43. The van der Waals surface area contributed by atoms with Crippen molar-refractivity contribution >= 4 is 11.9 Å². The number of fused-ring (bicyclic) bond motifs is 1. The number of hydrogen-bond donors (Lipinski definition) is 1. The van der Waals surface area contributed by atoms with Crippen molar-refractivity contribution in [2.75, 3.05) is 13.2 Å². The summed E-state index contributed by atoms with van der Waals surface area (Å²) in [7, 11) is 0. The lowest BCUT2D eigenvalue weighted by Crippen LogP contribution is -2.34. The Hall–Kier alpha value is -2.82. The smallest absolute Gasteiger partial charge is 0.344 e. The van der Waals surface area contributed by atoms with Crippen LogP contribution in [0.25, 0.3) is 0 Å². The summed E-state index contributed by atoms with van der Waals surface area (Å²) in [5.74, 6) is -0.216. The molecule has 1 aliphatic rings. The monoisotopic (exact) mass is 367 g/mol. The second kappa shape index (κ2) is 8.71. The zero-order valence-corrected chi connectivity index (χ0v) is 15.8. The van der Waals surface area contributed by atoms with Gasteiger partial charge in [0.05, 0.1) is 6.04 Å². The van der Waals surface area contributed by atoms with Crippen molar-refractivity contribution in [1.29, 1.82) is 0 Å². The van der Waals surface area contributed by atoms with Gasteiger partial charge < -0.3 is 14.8 Å². The first kappa shape index (κ1) is 19.0. The van der Waals surface area contributed by atoms with Gasteiger partial charge in [-0.15, -0.1) is 0 Å². The maximum Gasteiger partial charge on any atom is 0.344 e. The van der Waals surface area contributed by atoms with Gasteiger partial charge in [-0.2, -0.15) is 0 Å². The molecule has 1 amide bonds. The SMILES string of the molecule is Cc1ccc(OCC(=O)OCC(=O)N[C@H]2CCCc3ccccc32)c(C)c1. The zero-order valence-electron chi connectivity index (χ0n) is 15.8. The molecule has 2 aromatic carbocycles. The Morgan fingerprint density at radius 2 is 1.93 bits per heavy atom. The lowest BCUT2D eigenvalue weighted by atomic mass is 9.88. The van der Waals surface area contributed by atoms with Gasteiger partial charge in [0.1, 0.15) is 5.75 Å². The summed E-state index contributed by atoms with van der Waals surface area (Å²) in [6, 6.07) is 13.8. The standard InChI is InChI=1S/C22H25NO4/c1-15-10-11-20(16(2)12-15)26-14-22(25)27-13-21(24)23-19-9-5-7-17-6-3-4-8-18(17)19/h3-4,6,8,10-12,19H,5,7,9,13-14H2,1-2H3,(H,23,24)/t19-/m0/s1. The van der Waals surface area contributed by atoms with Crippen LogP contribution in [0.1, 0.15) is 41.1 Å². The molecule has 142 valence electrons. The Morgan fingerprint density at radius 1 is 1.11 bits per heavy atom. The molecular formula is C22H25NO4. The van der Waals surface area contributed by atoms with Crippen LogP contribution >= 0.6 is 0 Å². The van der Waals surface area contributed by atoms with Crippen LogP contribution in [0.15, 0.2) is 42.5 Å². The maximum atomic E-state index is 12.2. The van der Waals surface area contributed by atoms with Gasteiger partial charge >= 0.3 is 5.97 Å². The second-order valence-electron chi connectivity index (χ2n) is 6.93. The molecular weight excluding hydrogens is 342 g/mol. The van der Waals surface area contributed by atoms with E-state index in [1.165, 1.54) is 5.56 Å². The minimum atomic E-state index is -0.561. The molecule has 1 N–H and O–H groups in total. The lowest BCUT2D eigenvalue weighted by molar-refractivity contribution is -0.150. The minimum Gasteiger partial charge on any atom is -0.482 e. The van der Waals surface area contributed by atoms with Crippen LogP contribution in [-0.4, -0.2) is 25.1 Å². The number of carbonyl (C=O) groups is 2. The first-order chi connectivity index (χ1) is 13.0. The van der Waals surface area contributed by atoms with Crippen LogP contribution in [0.2, 0.25) is 0 Å². The summed E-state index contributed by atoms with van der Waals surface area (Å²) in [5, 5.41) is 2.96. The molecule has 27 heavy (non-hydrogen) atoms. The highest BCUT2D eigenvalue weighted by Crippen LogP contribution is 2.29. The van der Waals surface area contributed by atoms with Crippen LogP contribution in [0.3, 0.4) is 0 Å². The fourth-order valence-electron chi connectivity index (χ4n) is 3.43. The number of benzene rings is 2. The molecule has 2 aromatic rings. The van der Waals surface area contributed by atoms with Crippen molar-refractivity contribution in [2.45, 2.75) is 39.2 Å². The Balaban J connectivity index is 1.45. The largest absolute Gasteiger partial charge is 0.482 e. The van der Waals surface area contributed by atoms with E-state index in [-0.39, 0.29) is 25.2 Å². The average Bonchev–Trinajstić information content (AvgIpc) is 2.66. The second-order valence-corrected chi connectivity index (χ2v) is 6.93. The van der Waals surface area contributed by atoms with Crippen molar-refractivity contribution in [1.82, 2.24) is 5.32 Å². The van der Waals surface area contributed by atoms with E-state index in [4.69, 9.17) is 9.47 Å². The average molecular weight is 367 g/mol. The van der Waals surface area contributed by atoms with Crippen molar-refractivity contribution in [3.05, 3.63) is 64.7 Å². The number of aryl methyl sites for hydroxylation is 3. The normalized spacial score (nSPS) is 15.6. The van der Waals surface area contributed by atoms with Crippen molar-refractivity contribution in [3.8, 4) is 5.75 Å². The molecule has 1 atom stereocenters. The third kappa shape index (κ3) is 5.09. The van der Waals surface area contributed by atoms with E-state index in [9.17, 15) is 9.59 Å². The summed E-state index contributed by atoms with van der Waals surface area (Å²) in [6.07, 6.45) is 2.96. The van der Waals surface area contributed by atoms with Gasteiger partial charge in [-0.1, -0.05) is 42.0 Å². The topological polar surface area (TPSA) is 64.6 Å². The molecule has 5 heteroatoms. The van der Waals surface area contributed by atoms with Gasteiger partial charge in [0.15, 0.2) is 13.2 Å². The summed E-state index contributed by atoms with van der Waals surface area (Å²) in [4.78, 5) is 24.0. The first-order valence-corrected chi connectivity index (χ1v) is 9.26. The number of esters is 1. The molecule has 0 saturated heterocycles. The quantitative estimate of drug-likeness (QED) is 0.795. The molecule has 0 unspecified atom stereocenters. The Bertz CT molecular complexity index is 831. The maximum absolute atomic E-state index is 12.2. The van der Waals surface area contributed by atoms with Gasteiger partial charge in [0, 0.05) is 0 Å². The lowest BCUT2D eigenvalue weighted by Gasteiger charge is -2.26. The summed E-state index contributed by atoms with van der Waals surface area (Å²) in [5.41, 5.74) is 4.51. The summed E-state index contributed by atoms with van der Waals surface area (Å²) < 4.78 is 10.5. The molecule has 0 radical (unpaired) electrons. The van der Waals surface area contributed by atoms with Crippen molar-refractivity contribution < 1.29 is 19.1 Å². The Kier molecular flexibility index (Phi) is 6.12. The van der Waals surface area contributed by atoms with E-state index in [0.717, 1.165) is 36.0 Å². The molecule has 0 saturated carbocycles. The van der Waals surface area contributed by atoms with E-state index in [1.54, 1.807) is 0 Å². The highest BCUT2D eigenvalue weighted by atomic mass is 16.6. The van der Waals surface area contributed by atoms with Gasteiger partial charge in [-0.25, -0.2) is 4.79 Å². The van der Waals surface area contributed by atoms with Crippen molar-refractivity contribution in [3.63, 3.8) is 0 Å². The summed E-state index contributed by atoms with van der Waals surface area (Å²) >= 11 is 0. The molecule has 5 nitrogen and oxygen atoms in total. The number of hydrogen-bond acceptors (Lipinski definition) is 4. The molecule has 0 aliphatic heterocycles. The van der Waals surface area contributed by atoms with Gasteiger partial charge in [-0.05, 0) is 55.9 Å².